The Balaban J connectivity index is 1.98. The first-order chi connectivity index (χ1) is 16.6. The van der Waals surface area contributed by atoms with Gasteiger partial charge in [-0.25, -0.2) is 0 Å². The SMILES string of the molecule is CN(C)c1ccc(COCCCCCC(=O)O)c(NC(=O)C(C)(C)CSC(=O)c2ccccc2)c1. The molecule has 2 rings (SSSR count). The Morgan fingerprint density at radius 2 is 1.74 bits per heavy atom. The van der Waals surface area contributed by atoms with Gasteiger partial charge in [-0.15, -0.1) is 0 Å². The molecule has 2 N–H and O–H groups in total. The van der Waals surface area contributed by atoms with E-state index in [0.717, 1.165) is 35.9 Å². The molecule has 1 amide bonds. The molecule has 0 saturated carbocycles. The maximum absolute atomic E-state index is 13.2. The molecule has 2 aromatic rings. The molecule has 0 atom stereocenters. The van der Waals surface area contributed by atoms with Gasteiger partial charge in [0.05, 0.1) is 12.0 Å². The highest BCUT2D eigenvalue weighted by Gasteiger charge is 2.29. The van der Waals surface area contributed by atoms with E-state index >= 15 is 0 Å². The molecule has 0 unspecified atom stereocenters. The summed E-state index contributed by atoms with van der Waals surface area (Å²) in [6.45, 7) is 4.52. The summed E-state index contributed by atoms with van der Waals surface area (Å²) in [4.78, 5) is 38.2. The van der Waals surface area contributed by atoms with E-state index in [0.29, 0.717) is 36.6 Å². The highest BCUT2D eigenvalue weighted by Crippen LogP contribution is 2.29. The summed E-state index contributed by atoms with van der Waals surface area (Å²) in [7, 11) is 3.87. The molecule has 2 aromatic carbocycles. The van der Waals surface area contributed by atoms with E-state index in [-0.39, 0.29) is 17.4 Å². The molecular weight excluding hydrogens is 464 g/mol. The smallest absolute Gasteiger partial charge is 0.303 e. The Bertz CT molecular complexity index is 992. The third kappa shape index (κ3) is 9.74. The number of carboxylic acids is 1. The van der Waals surface area contributed by atoms with Crippen LogP contribution in [0.3, 0.4) is 0 Å². The molecule has 0 heterocycles. The van der Waals surface area contributed by atoms with Crippen molar-refractivity contribution in [2.45, 2.75) is 46.1 Å². The third-order valence-corrected chi connectivity index (χ3v) is 6.85. The number of unbranched alkanes of at least 4 members (excludes halogenated alkanes) is 2. The first-order valence-corrected chi connectivity index (χ1v) is 12.7. The van der Waals surface area contributed by atoms with Gasteiger partial charge >= 0.3 is 5.97 Å². The predicted octanol–water partition coefficient (Wildman–Crippen LogP) is 5.45. The fraction of sp³-hybridized carbons (Fsp3) is 0.444. The second-order valence-electron chi connectivity index (χ2n) is 9.27. The largest absolute Gasteiger partial charge is 0.481 e. The maximum atomic E-state index is 13.2. The van der Waals surface area contributed by atoms with Gasteiger partial charge in [-0.2, -0.15) is 0 Å². The number of thioether (sulfide) groups is 1. The van der Waals surface area contributed by atoms with Crippen LogP contribution in [-0.4, -0.2) is 48.6 Å². The van der Waals surface area contributed by atoms with Gasteiger partial charge in [0.1, 0.15) is 0 Å². The normalized spacial score (nSPS) is 11.2. The molecular formula is C27H36N2O5S. The fourth-order valence-electron chi connectivity index (χ4n) is 3.18. The second kappa shape index (κ2) is 13.9. The van der Waals surface area contributed by atoms with Gasteiger partial charge in [0.15, 0.2) is 0 Å². The Morgan fingerprint density at radius 1 is 1.03 bits per heavy atom. The van der Waals surface area contributed by atoms with Gasteiger partial charge in [0, 0.05) is 55.4 Å². The quantitative estimate of drug-likeness (QED) is 0.333. The standard InChI is InChI=1S/C27H36N2O5S/c1-27(2,19-35-25(32)20-11-7-5-8-12-20)26(33)28-23-17-22(29(3)4)15-14-21(23)18-34-16-10-6-9-13-24(30)31/h5,7-8,11-12,14-15,17H,6,9-10,13,16,18-19H2,1-4H3,(H,28,33)(H,30,31). The summed E-state index contributed by atoms with van der Waals surface area (Å²) in [6.07, 6.45) is 2.39. The van der Waals surface area contributed by atoms with Gasteiger partial charge in [-0.1, -0.05) is 68.4 Å². The van der Waals surface area contributed by atoms with Crippen molar-refractivity contribution in [3.8, 4) is 0 Å². The second-order valence-corrected chi connectivity index (χ2v) is 10.2. The molecule has 0 aliphatic carbocycles. The highest BCUT2D eigenvalue weighted by atomic mass is 32.2. The molecule has 8 heteroatoms. The minimum Gasteiger partial charge on any atom is -0.481 e. The van der Waals surface area contributed by atoms with Gasteiger partial charge < -0.3 is 20.1 Å². The number of amides is 1. The van der Waals surface area contributed by atoms with Crippen molar-refractivity contribution < 1.29 is 24.2 Å². The number of carboxylic acid groups (broad SMARTS) is 1. The summed E-state index contributed by atoms with van der Waals surface area (Å²) in [5.41, 5.74) is 2.34. The minimum absolute atomic E-state index is 0.0569. The van der Waals surface area contributed by atoms with Crippen molar-refractivity contribution in [2.24, 2.45) is 5.41 Å². The summed E-state index contributed by atoms with van der Waals surface area (Å²) in [5, 5.41) is 11.7. The van der Waals surface area contributed by atoms with E-state index in [1.807, 2.05) is 69.2 Å². The van der Waals surface area contributed by atoms with E-state index in [9.17, 15) is 14.4 Å². The zero-order valence-electron chi connectivity index (χ0n) is 21.0. The van der Waals surface area contributed by atoms with Gasteiger partial charge in [-0.3, -0.25) is 14.4 Å². The van der Waals surface area contributed by atoms with Crippen LogP contribution in [0.1, 0.15) is 55.5 Å². The van der Waals surface area contributed by atoms with Crippen LogP contribution >= 0.6 is 11.8 Å². The number of hydrogen-bond donors (Lipinski definition) is 2. The van der Waals surface area contributed by atoms with Crippen molar-refractivity contribution >= 4 is 40.1 Å². The number of anilines is 2. The average molecular weight is 501 g/mol. The molecule has 35 heavy (non-hydrogen) atoms. The number of carbonyl (C=O) groups excluding carboxylic acids is 2. The Kier molecular flexibility index (Phi) is 11.3. The number of nitrogens with one attached hydrogen (secondary N) is 1. The average Bonchev–Trinajstić information content (AvgIpc) is 2.82. The highest BCUT2D eigenvalue weighted by molar-refractivity contribution is 8.14. The predicted molar refractivity (Wildman–Crippen MR) is 142 cm³/mol. The van der Waals surface area contributed by atoms with Gasteiger partial charge in [-0.05, 0) is 25.0 Å². The van der Waals surface area contributed by atoms with Crippen molar-refractivity contribution in [1.82, 2.24) is 0 Å². The third-order valence-electron chi connectivity index (χ3n) is 5.48. The van der Waals surface area contributed by atoms with E-state index < -0.39 is 11.4 Å². The molecule has 190 valence electrons. The van der Waals surface area contributed by atoms with Crippen molar-refractivity contribution in [3.05, 3.63) is 59.7 Å². The molecule has 0 saturated heterocycles. The molecule has 0 bridgehead atoms. The number of hydrogen-bond acceptors (Lipinski definition) is 6. The van der Waals surface area contributed by atoms with Crippen LogP contribution in [0.2, 0.25) is 0 Å². The number of ether oxygens (including phenoxy) is 1. The Morgan fingerprint density at radius 3 is 2.40 bits per heavy atom. The lowest BCUT2D eigenvalue weighted by Crippen LogP contribution is -2.33. The zero-order chi connectivity index (χ0) is 25.8. The lowest BCUT2D eigenvalue weighted by Gasteiger charge is -2.24. The van der Waals surface area contributed by atoms with Crippen LogP contribution in [0.25, 0.3) is 0 Å². The summed E-state index contributed by atoms with van der Waals surface area (Å²) in [6, 6.07) is 14.9. The monoisotopic (exact) mass is 500 g/mol. The lowest BCUT2D eigenvalue weighted by atomic mass is 9.95. The number of nitrogens with zero attached hydrogens (tertiary/aromatic N) is 1. The van der Waals surface area contributed by atoms with E-state index in [2.05, 4.69) is 5.32 Å². The summed E-state index contributed by atoms with van der Waals surface area (Å²) in [5.74, 6) is -0.600. The number of carbonyl (C=O) groups is 3. The van der Waals surface area contributed by atoms with Crippen molar-refractivity contribution in [3.63, 3.8) is 0 Å². The lowest BCUT2D eigenvalue weighted by molar-refractivity contribution is -0.137. The first-order valence-electron chi connectivity index (χ1n) is 11.7. The van der Waals surface area contributed by atoms with E-state index in [4.69, 9.17) is 9.84 Å². The van der Waals surface area contributed by atoms with Crippen LogP contribution in [-0.2, 0) is 20.9 Å². The summed E-state index contributed by atoms with van der Waals surface area (Å²) < 4.78 is 5.80. The molecule has 0 radical (unpaired) electrons. The van der Waals surface area contributed by atoms with Crippen LogP contribution in [0.4, 0.5) is 11.4 Å². The zero-order valence-corrected chi connectivity index (χ0v) is 21.8. The number of rotatable bonds is 14. The molecule has 0 aromatic heterocycles. The Hall–Kier alpha value is -2.84. The molecule has 0 aliphatic heterocycles. The maximum Gasteiger partial charge on any atom is 0.303 e. The first kappa shape index (κ1) is 28.4. The van der Waals surface area contributed by atoms with Crippen LogP contribution in [0.15, 0.2) is 48.5 Å². The summed E-state index contributed by atoms with van der Waals surface area (Å²) >= 11 is 1.14. The molecule has 0 aliphatic rings. The van der Waals surface area contributed by atoms with Gasteiger partial charge in [0.25, 0.3) is 0 Å². The minimum atomic E-state index is -0.780. The molecule has 0 fully saturated rings. The molecule has 0 spiro atoms. The fourth-order valence-corrected chi connectivity index (χ4v) is 4.11. The molecule has 7 nitrogen and oxygen atoms in total. The number of aliphatic carboxylic acids is 1. The van der Waals surface area contributed by atoms with Crippen molar-refractivity contribution in [2.75, 3.05) is 36.7 Å². The Labute approximate surface area is 212 Å². The van der Waals surface area contributed by atoms with Crippen molar-refractivity contribution in [1.29, 1.82) is 0 Å². The van der Waals surface area contributed by atoms with Gasteiger partial charge in [0.2, 0.25) is 11.0 Å². The van der Waals surface area contributed by atoms with E-state index in [1.165, 1.54) is 0 Å². The van der Waals surface area contributed by atoms with Crippen LogP contribution in [0, 0.1) is 5.41 Å². The van der Waals surface area contributed by atoms with E-state index in [1.54, 1.807) is 12.1 Å². The van der Waals surface area contributed by atoms with Crippen LogP contribution < -0.4 is 10.2 Å². The van der Waals surface area contributed by atoms with Crippen LogP contribution in [0.5, 0.6) is 0 Å². The topological polar surface area (TPSA) is 95.9 Å². The number of benzene rings is 2.